The third kappa shape index (κ3) is 5.97. The minimum absolute atomic E-state index is 0.0879. The Morgan fingerprint density at radius 1 is 1.25 bits per heavy atom. The van der Waals surface area contributed by atoms with Crippen LogP contribution in [0.4, 0.5) is 22.0 Å². The highest BCUT2D eigenvalue weighted by molar-refractivity contribution is 5.80. The average Bonchev–Trinajstić information content (AvgIpc) is 3.49. The first kappa shape index (κ1) is 26.7. The number of H-pyrrole nitrogens is 1. The smallest absolute Gasteiger partial charge is 0.378 e. The minimum Gasteiger partial charge on any atom is -0.378 e. The highest BCUT2D eigenvalue weighted by Gasteiger charge is 2.52. The quantitative estimate of drug-likeness (QED) is 0.383. The summed E-state index contributed by atoms with van der Waals surface area (Å²) in [6.07, 6.45) is -6.40. The fraction of sp³-hybridized carbons (Fsp3) is 0.667. The summed E-state index contributed by atoms with van der Waals surface area (Å²) in [6.45, 7) is 2.50. The van der Waals surface area contributed by atoms with Crippen LogP contribution < -0.4 is 11.5 Å². The van der Waals surface area contributed by atoms with Gasteiger partial charge in [-0.1, -0.05) is 6.07 Å². The van der Waals surface area contributed by atoms with Gasteiger partial charge in [0.2, 0.25) is 11.8 Å². The average molecular weight is 519 g/mol. The minimum atomic E-state index is -4.52. The molecule has 12 heteroatoms. The van der Waals surface area contributed by atoms with E-state index in [9.17, 15) is 26.7 Å². The molecule has 1 amide bonds. The predicted octanol–water partition coefficient (Wildman–Crippen LogP) is 4.33. The number of nitrogens with zero attached hydrogens (tertiary/aromatic N) is 1. The third-order valence-electron chi connectivity index (χ3n) is 7.08. The molecule has 1 unspecified atom stereocenters. The molecule has 200 valence electrons. The Hall–Kier alpha value is -2.31. The van der Waals surface area contributed by atoms with Crippen LogP contribution >= 0.6 is 0 Å². The number of carbonyl (C=O) groups is 1. The lowest BCUT2D eigenvalue weighted by Gasteiger charge is -2.41. The number of hydrogen-bond acceptors (Lipinski definition) is 5. The molecule has 0 bridgehead atoms. The number of nitrogens with one attached hydrogen (secondary N) is 1. The molecule has 7 nitrogen and oxygen atoms in total. The second-order valence-corrected chi connectivity index (χ2v) is 10.0. The van der Waals surface area contributed by atoms with Gasteiger partial charge in [0, 0.05) is 18.8 Å². The van der Waals surface area contributed by atoms with Crippen molar-refractivity contribution < 1.29 is 36.2 Å². The number of fused-ring (bicyclic) bond motifs is 1. The lowest BCUT2D eigenvalue weighted by molar-refractivity contribution is -0.227. The SMILES string of the molecule is C[C@H](O[C@H](C)[C@H](N)c1nc2ccc([C@@H](COC3CC3)C(C(N)=O)C3CC(F)(F)C3)cc2[nH]1)C(F)(F)F. The van der Waals surface area contributed by atoms with Gasteiger partial charge in [-0.05, 0) is 50.3 Å². The summed E-state index contributed by atoms with van der Waals surface area (Å²) in [6, 6.07) is 4.18. The van der Waals surface area contributed by atoms with Crippen LogP contribution in [0.5, 0.6) is 0 Å². The number of carbonyl (C=O) groups excluding carboxylic acids is 1. The summed E-state index contributed by atoms with van der Waals surface area (Å²) in [5.74, 6) is -5.15. The molecule has 36 heavy (non-hydrogen) atoms. The normalized spacial score (nSPS) is 22.6. The number of benzene rings is 1. The second kappa shape index (κ2) is 9.86. The number of aromatic amines is 1. The molecule has 5 N–H and O–H groups in total. The number of hydrogen-bond donors (Lipinski definition) is 3. The molecule has 2 aliphatic rings. The first-order valence-corrected chi connectivity index (χ1v) is 12.0. The van der Waals surface area contributed by atoms with E-state index >= 15 is 0 Å². The second-order valence-electron chi connectivity index (χ2n) is 10.0. The zero-order chi connectivity index (χ0) is 26.4. The number of rotatable bonds is 11. The predicted molar refractivity (Wildman–Crippen MR) is 121 cm³/mol. The number of aromatic nitrogens is 2. The molecule has 2 aliphatic carbocycles. The van der Waals surface area contributed by atoms with Gasteiger partial charge in [0.15, 0.2) is 6.10 Å². The van der Waals surface area contributed by atoms with E-state index in [1.54, 1.807) is 18.2 Å². The maximum absolute atomic E-state index is 13.6. The lowest BCUT2D eigenvalue weighted by atomic mass is 9.67. The Kier molecular flexibility index (Phi) is 7.33. The highest BCUT2D eigenvalue weighted by Crippen LogP contribution is 2.50. The third-order valence-corrected chi connectivity index (χ3v) is 7.08. The molecule has 0 spiro atoms. The van der Waals surface area contributed by atoms with E-state index in [4.69, 9.17) is 20.9 Å². The topological polar surface area (TPSA) is 116 Å². The summed E-state index contributed by atoms with van der Waals surface area (Å²) in [5.41, 5.74) is 13.5. The van der Waals surface area contributed by atoms with Gasteiger partial charge in [-0.15, -0.1) is 0 Å². The molecule has 1 aromatic carbocycles. The molecule has 1 aromatic heterocycles. The molecule has 5 atom stereocenters. The zero-order valence-electron chi connectivity index (χ0n) is 20.0. The van der Waals surface area contributed by atoms with Crippen molar-refractivity contribution in [2.45, 2.75) is 81.9 Å². The Morgan fingerprint density at radius 3 is 2.47 bits per heavy atom. The fourth-order valence-electron chi connectivity index (χ4n) is 4.74. The van der Waals surface area contributed by atoms with E-state index in [2.05, 4.69) is 9.97 Å². The van der Waals surface area contributed by atoms with Crippen molar-refractivity contribution in [3.8, 4) is 0 Å². The molecule has 2 fully saturated rings. The molecule has 2 aromatic rings. The molecule has 2 saturated carbocycles. The lowest BCUT2D eigenvalue weighted by Crippen LogP contribution is -2.47. The van der Waals surface area contributed by atoms with Crippen molar-refractivity contribution in [3.63, 3.8) is 0 Å². The number of nitrogens with two attached hydrogens (primary N) is 2. The molecular formula is C24H31F5N4O3. The van der Waals surface area contributed by atoms with Crippen molar-refractivity contribution in [2.75, 3.05) is 6.61 Å². The van der Waals surface area contributed by atoms with Crippen molar-refractivity contribution >= 4 is 16.9 Å². The maximum atomic E-state index is 13.6. The van der Waals surface area contributed by atoms with Crippen molar-refractivity contribution in [1.29, 1.82) is 0 Å². The van der Waals surface area contributed by atoms with E-state index in [-0.39, 0.29) is 18.5 Å². The van der Waals surface area contributed by atoms with Gasteiger partial charge in [-0.25, -0.2) is 13.8 Å². The van der Waals surface area contributed by atoms with Crippen molar-refractivity contribution in [2.24, 2.45) is 23.3 Å². The zero-order valence-corrected chi connectivity index (χ0v) is 20.0. The van der Waals surface area contributed by atoms with Crippen LogP contribution in [-0.4, -0.2) is 52.9 Å². The largest absolute Gasteiger partial charge is 0.414 e. The van der Waals surface area contributed by atoms with Gasteiger partial charge in [-0.2, -0.15) is 13.2 Å². The van der Waals surface area contributed by atoms with Gasteiger partial charge >= 0.3 is 6.18 Å². The van der Waals surface area contributed by atoms with E-state index in [1.165, 1.54) is 6.92 Å². The van der Waals surface area contributed by atoms with Gasteiger partial charge in [0.1, 0.15) is 5.82 Å². The number of amides is 1. The number of imidazole rings is 1. The summed E-state index contributed by atoms with van der Waals surface area (Å²) < 4.78 is 76.7. The Bertz CT molecular complexity index is 1080. The summed E-state index contributed by atoms with van der Waals surface area (Å²) in [7, 11) is 0. The van der Waals surface area contributed by atoms with Crippen LogP contribution in [0.1, 0.15) is 62.9 Å². The Balaban J connectivity index is 1.57. The van der Waals surface area contributed by atoms with E-state index in [1.807, 2.05) is 0 Å². The first-order chi connectivity index (χ1) is 16.7. The molecular weight excluding hydrogens is 487 g/mol. The summed E-state index contributed by atoms with van der Waals surface area (Å²) in [5, 5.41) is 0. The van der Waals surface area contributed by atoms with Crippen LogP contribution in [0.15, 0.2) is 18.2 Å². The number of ether oxygens (including phenoxy) is 2. The summed E-state index contributed by atoms with van der Waals surface area (Å²) in [4.78, 5) is 19.8. The van der Waals surface area contributed by atoms with Crippen LogP contribution in [0.2, 0.25) is 0 Å². The van der Waals surface area contributed by atoms with Crippen molar-refractivity contribution in [3.05, 3.63) is 29.6 Å². The van der Waals surface area contributed by atoms with Crippen LogP contribution in [-0.2, 0) is 14.3 Å². The number of primary amides is 1. The van der Waals surface area contributed by atoms with Gasteiger partial charge in [0.05, 0.1) is 41.8 Å². The van der Waals surface area contributed by atoms with Gasteiger partial charge < -0.3 is 25.9 Å². The number of alkyl halides is 5. The number of halogens is 5. The monoisotopic (exact) mass is 518 g/mol. The van der Waals surface area contributed by atoms with E-state index in [0.717, 1.165) is 19.8 Å². The fourth-order valence-corrected chi connectivity index (χ4v) is 4.74. The molecule has 0 radical (unpaired) electrons. The Labute approximate surface area is 205 Å². The van der Waals surface area contributed by atoms with Crippen LogP contribution in [0.3, 0.4) is 0 Å². The van der Waals surface area contributed by atoms with Gasteiger partial charge in [-0.3, -0.25) is 4.79 Å². The molecule has 0 saturated heterocycles. The van der Waals surface area contributed by atoms with E-state index < -0.39 is 66.9 Å². The summed E-state index contributed by atoms with van der Waals surface area (Å²) >= 11 is 0. The standard InChI is InChI=1S/C24H31F5N4O3/c1-11(36-12(2)24(27,28)29)20(30)22-32-17-6-3-13(7-18(17)33-22)16(10-35-15-4-5-15)19(21(31)34)14-8-23(25,26)9-14/h3,6-7,11-12,14-16,19-20H,4-5,8-10,30H2,1-2H3,(H2,31,34)(H,32,33)/t11-,12+,16-,19?,20+/m1/s1. The first-order valence-electron chi connectivity index (χ1n) is 12.0. The van der Waals surface area contributed by atoms with Crippen LogP contribution in [0, 0.1) is 11.8 Å². The Morgan fingerprint density at radius 2 is 1.92 bits per heavy atom. The van der Waals surface area contributed by atoms with Crippen LogP contribution in [0.25, 0.3) is 11.0 Å². The van der Waals surface area contributed by atoms with Gasteiger partial charge in [0.25, 0.3) is 0 Å². The van der Waals surface area contributed by atoms with Crippen molar-refractivity contribution in [1.82, 2.24) is 9.97 Å². The molecule has 4 rings (SSSR count). The molecule has 1 heterocycles. The highest BCUT2D eigenvalue weighted by atomic mass is 19.4. The molecule has 0 aliphatic heterocycles. The van der Waals surface area contributed by atoms with E-state index in [0.29, 0.717) is 16.6 Å². The maximum Gasteiger partial charge on any atom is 0.414 e.